The van der Waals surface area contributed by atoms with Crippen LogP contribution in [0.3, 0.4) is 0 Å². The van der Waals surface area contributed by atoms with Gasteiger partial charge in [0.25, 0.3) is 0 Å². The zero-order valence-corrected chi connectivity index (χ0v) is 13.4. The van der Waals surface area contributed by atoms with Gasteiger partial charge in [0, 0.05) is 11.8 Å². The summed E-state index contributed by atoms with van der Waals surface area (Å²) in [5.74, 6) is -3.49. The number of rotatable bonds is 4. The second-order valence-corrected chi connectivity index (χ2v) is 5.44. The van der Waals surface area contributed by atoms with Crippen molar-refractivity contribution in [3.8, 4) is 0 Å². The number of nitrogens with zero attached hydrogens (tertiary/aromatic N) is 1. The molecule has 1 heterocycles. The van der Waals surface area contributed by atoms with Gasteiger partial charge in [0.05, 0.1) is 12.0 Å². The Morgan fingerprint density at radius 1 is 1.26 bits per heavy atom. The van der Waals surface area contributed by atoms with Gasteiger partial charge in [-0.3, -0.25) is 14.5 Å². The number of carboxylic acids is 1. The highest BCUT2D eigenvalue weighted by atomic mass is 35.5. The van der Waals surface area contributed by atoms with Crippen LogP contribution in [0.15, 0.2) is 18.2 Å². The maximum absolute atomic E-state index is 13.1. The Labute approximate surface area is 139 Å². The monoisotopic (exact) mass is 348 g/mol. The highest BCUT2D eigenvalue weighted by molar-refractivity contribution is 5.94. The molecule has 0 aliphatic carbocycles. The van der Waals surface area contributed by atoms with Crippen LogP contribution in [0.2, 0.25) is 0 Å². The number of anilines is 1. The Bertz CT molecular complexity index is 578. The smallest absolute Gasteiger partial charge is 0.306 e. The van der Waals surface area contributed by atoms with E-state index in [1.807, 2.05) is 4.90 Å². The van der Waals surface area contributed by atoms with Crippen LogP contribution in [-0.4, -0.2) is 41.0 Å². The molecule has 23 heavy (non-hydrogen) atoms. The van der Waals surface area contributed by atoms with Crippen molar-refractivity contribution in [3.63, 3.8) is 0 Å². The molecule has 128 valence electrons. The Morgan fingerprint density at radius 3 is 2.39 bits per heavy atom. The molecule has 0 bridgehead atoms. The molecular formula is C15H19ClF2N2O3. The molecule has 1 amide bonds. The summed E-state index contributed by atoms with van der Waals surface area (Å²) in [6.07, 6.45) is 0.996. The summed E-state index contributed by atoms with van der Waals surface area (Å²) >= 11 is 0. The minimum atomic E-state index is -1.02. The van der Waals surface area contributed by atoms with Crippen molar-refractivity contribution in [2.45, 2.75) is 25.8 Å². The number of carboxylic acid groups (broad SMARTS) is 1. The van der Waals surface area contributed by atoms with Gasteiger partial charge in [-0.2, -0.15) is 0 Å². The maximum Gasteiger partial charge on any atom is 0.306 e. The molecule has 1 saturated heterocycles. The van der Waals surface area contributed by atoms with Gasteiger partial charge in [0.15, 0.2) is 11.6 Å². The number of piperidine rings is 1. The van der Waals surface area contributed by atoms with Gasteiger partial charge in [-0.05, 0) is 45.0 Å². The van der Waals surface area contributed by atoms with Crippen molar-refractivity contribution >= 4 is 30.0 Å². The molecule has 0 saturated carbocycles. The number of nitrogens with one attached hydrogen (secondary N) is 1. The number of carbonyl (C=O) groups excluding carboxylic acids is 1. The molecule has 0 radical (unpaired) electrons. The van der Waals surface area contributed by atoms with Gasteiger partial charge in [0.1, 0.15) is 0 Å². The number of aliphatic carboxylic acids is 1. The first kappa shape index (κ1) is 19.3. The van der Waals surface area contributed by atoms with E-state index in [-0.39, 0.29) is 29.9 Å². The first-order valence-corrected chi connectivity index (χ1v) is 7.11. The van der Waals surface area contributed by atoms with Crippen LogP contribution >= 0.6 is 12.4 Å². The quantitative estimate of drug-likeness (QED) is 0.877. The average Bonchev–Trinajstić information content (AvgIpc) is 2.50. The van der Waals surface area contributed by atoms with Gasteiger partial charge in [-0.25, -0.2) is 8.78 Å². The van der Waals surface area contributed by atoms with Crippen LogP contribution in [0.25, 0.3) is 0 Å². The van der Waals surface area contributed by atoms with Crippen LogP contribution in [-0.2, 0) is 9.59 Å². The average molecular weight is 349 g/mol. The third-order valence-electron chi connectivity index (χ3n) is 3.99. The largest absolute Gasteiger partial charge is 0.481 e. The fourth-order valence-corrected chi connectivity index (χ4v) is 2.52. The Hall–Kier alpha value is -1.73. The molecule has 2 rings (SSSR count). The number of benzene rings is 1. The molecule has 0 aromatic heterocycles. The zero-order chi connectivity index (χ0) is 16.3. The van der Waals surface area contributed by atoms with Gasteiger partial charge < -0.3 is 10.4 Å². The van der Waals surface area contributed by atoms with E-state index in [0.717, 1.165) is 12.1 Å². The molecule has 0 spiro atoms. The van der Waals surface area contributed by atoms with Gasteiger partial charge >= 0.3 is 5.97 Å². The number of hydrogen-bond donors (Lipinski definition) is 2. The normalized spacial score (nSPS) is 17.2. The van der Waals surface area contributed by atoms with E-state index in [0.29, 0.717) is 25.9 Å². The highest BCUT2D eigenvalue weighted by Crippen LogP contribution is 2.20. The lowest BCUT2D eigenvalue weighted by Gasteiger charge is -2.33. The number of carbonyl (C=O) groups is 2. The van der Waals surface area contributed by atoms with Crippen LogP contribution in [0.1, 0.15) is 19.8 Å². The van der Waals surface area contributed by atoms with Gasteiger partial charge in [-0.1, -0.05) is 0 Å². The molecule has 1 fully saturated rings. The Balaban J connectivity index is 0.00000264. The standard InChI is InChI=1S/C15H18F2N2O3.ClH/c1-9(19-6-4-10(5-7-19)15(21)22)14(20)18-11-2-3-12(16)13(17)8-11;/h2-3,8-10H,4-7H2,1H3,(H,18,20)(H,21,22);1H. The van der Waals surface area contributed by atoms with Crippen molar-refractivity contribution in [2.75, 3.05) is 18.4 Å². The molecule has 1 aromatic rings. The molecular weight excluding hydrogens is 330 g/mol. The molecule has 1 unspecified atom stereocenters. The molecule has 5 nitrogen and oxygen atoms in total. The topological polar surface area (TPSA) is 69.6 Å². The second-order valence-electron chi connectivity index (χ2n) is 5.44. The van der Waals surface area contributed by atoms with E-state index in [9.17, 15) is 18.4 Å². The highest BCUT2D eigenvalue weighted by Gasteiger charge is 2.29. The first-order chi connectivity index (χ1) is 10.4. The van der Waals surface area contributed by atoms with Crippen LogP contribution in [0.4, 0.5) is 14.5 Å². The lowest BCUT2D eigenvalue weighted by molar-refractivity contribution is -0.143. The maximum atomic E-state index is 13.1. The van der Waals surface area contributed by atoms with Gasteiger partial charge in [0.2, 0.25) is 5.91 Å². The number of hydrogen-bond acceptors (Lipinski definition) is 3. The van der Waals surface area contributed by atoms with Crippen LogP contribution in [0.5, 0.6) is 0 Å². The minimum absolute atomic E-state index is 0. The van der Waals surface area contributed by atoms with Crippen LogP contribution < -0.4 is 5.32 Å². The lowest BCUT2D eigenvalue weighted by Crippen LogP contribution is -2.47. The van der Waals surface area contributed by atoms with Crippen molar-refractivity contribution in [1.82, 2.24) is 4.90 Å². The van der Waals surface area contributed by atoms with E-state index in [1.54, 1.807) is 6.92 Å². The minimum Gasteiger partial charge on any atom is -0.481 e. The predicted octanol–water partition coefficient (Wildman–Crippen LogP) is 2.51. The fraction of sp³-hybridized carbons (Fsp3) is 0.467. The first-order valence-electron chi connectivity index (χ1n) is 7.11. The summed E-state index contributed by atoms with van der Waals surface area (Å²) in [7, 11) is 0. The van der Waals surface area contributed by atoms with Crippen LogP contribution in [0, 0.1) is 17.6 Å². The van der Waals surface area contributed by atoms with Crippen molar-refractivity contribution < 1.29 is 23.5 Å². The third kappa shape index (κ3) is 4.87. The van der Waals surface area contributed by atoms with Crippen molar-refractivity contribution in [1.29, 1.82) is 0 Å². The molecule has 2 N–H and O–H groups in total. The molecule has 1 aliphatic rings. The Kier molecular flexibility index (Phi) is 6.90. The zero-order valence-electron chi connectivity index (χ0n) is 12.6. The van der Waals surface area contributed by atoms with Gasteiger partial charge in [-0.15, -0.1) is 12.4 Å². The summed E-state index contributed by atoms with van der Waals surface area (Å²) in [6.45, 7) is 2.74. The fourth-order valence-electron chi connectivity index (χ4n) is 2.52. The molecule has 1 aliphatic heterocycles. The molecule has 1 aromatic carbocycles. The summed E-state index contributed by atoms with van der Waals surface area (Å²) in [5.41, 5.74) is 0.191. The Morgan fingerprint density at radius 2 is 1.87 bits per heavy atom. The number of halogens is 3. The third-order valence-corrected chi connectivity index (χ3v) is 3.99. The number of amides is 1. The van der Waals surface area contributed by atoms with E-state index in [4.69, 9.17) is 5.11 Å². The molecule has 8 heteroatoms. The number of likely N-dealkylation sites (tertiary alicyclic amines) is 1. The van der Waals surface area contributed by atoms with E-state index < -0.39 is 23.6 Å². The van der Waals surface area contributed by atoms with E-state index in [2.05, 4.69) is 5.32 Å². The SMILES string of the molecule is CC(C(=O)Nc1ccc(F)c(F)c1)N1CCC(C(=O)O)CC1.Cl. The van der Waals surface area contributed by atoms with Crippen molar-refractivity contribution in [3.05, 3.63) is 29.8 Å². The van der Waals surface area contributed by atoms with E-state index in [1.165, 1.54) is 6.07 Å². The second kappa shape index (κ2) is 8.21. The summed E-state index contributed by atoms with van der Waals surface area (Å²) in [5, 5.41) is 11.5. The summed E-state index contributed by atoms with van der Waals surface area (Å²) in [6, 6.07) is 2.70. The van der Waals surface area contributed by atoms with E-state index >= 15 is 0 Å². The van der Waals surface area contributed by atoms with Crippen molar-refractivity contribution in [2.24, 2.45) is 5.92 Å². The summed E-state index contributed by atoms with van der Waals surface area (Å²) in [4.78, 5) is 24.9. The summed E-state index contributed by atoms with van der Waals surface area (Å²) < 4.78 is 26.0. The molecule has 1 atom stereocenters. The lowest BCUT2D eigenvalue weighted by atomic mass is 9.96. The predicted molar refractivity (Wildman–Crippen MR) is 83.6 cm³/mol.